The summed E-state index contributed by atoms with van der Waals surface area (Å²) in [6.45, 7) is 6.47. The van der Waals surface area contributed by atoms with E-state index in [1.54, 1.807) is 36.6 Å². The summed E-state index contributed by atoms with van der Waals surface area (Å²) in [7, 11) is 3.37. The van der Waals surface area contributed by atoms with Crippen LogP contribution in [0.3, 0.4) is 0 Å². The number of aryl methyl sites for hydroxylation is 2. The van der Waals surface area contributed by atoms with E-state index in [9.17, 15) is 4.79 Å². The Kier molecular flexibility index (Phi) is 6.14. The molecule has 0 saturated carbocycles. The zero-order chi connectivity index (χ0) is 17.7. The van der Waals surface area contributed by atoms with Gasteiger partial charge < -0.3 is 15.0 Å². The fourth-order valence-electron chi connectivity index (χ4n) is 2.39. The van der Waals surface area contributed by atoms with Crippen molar-refractivity contribution in [1.82, 2.24) is 20.2 Å². The van der Waals surface area contributed by atoms with Gasteiger partial charge in [0.05, 0.1) is 23.9 Å². The molecule has 2 aromatic rings. The molecule has 0 aliphatic carbocycles. The highest BCUT2D eigenvalue weighted by Gasteiger charge is 2.21. The van der Waals surface area contributed by atoms with E-state index in [0.717, 1.165) is 27.6 Å². The highest BCUT2D eigenvalue weighted by Crippen LogP contribution is 2.28. The van der Waals surface area contributed by atoms with Crippen LogP contribution >= 0.6 is 11.3 Å². The van der Waals surface area contributed by atoms with E-state index >= 15 is 0 Å². The van der Waals surface area contributed by atoms with Gasteiger partial charge in [-0.2, -0.15) is 0 Å². The van der Waals surface area contributed by atoms with Crippen LogP contribution in [0.15, 0.2) is 18.3 Å². The van der Waals surface area contributed by atoms with E-state index in [1.165, 1.54) is 0 Å². The number of ether oxygens (including phenoxy) is 1. The van der Waals surface area contributed by atoms with Crippen molar-refractivity contribution in [3.8, 4) is 5.88 Å². The van der Waals surface area contributed by atoms with E-state index in [0.29, 0.717) is 12.4 Å². The van der Waals surface area contributed by atoms with Crippen LogP contribution < -0.4 is 10.1 Å². The molecular formula is C17H24N4O2S. The highest BCUT2D eigenvalue weighted by molar-refractivity contribution is 7.11. The molecule has 2 amide bonds. The molecule has 0 aliphatic heterocycles. The molecule has 0 bridgehead atoms. The van der Waals surface area contributed by atoms with Crippen molar-refractivity contribution in [1.29, 1.82) is 0 Å². The van der Waals surface area contributed by atoms with Crippen LogP contribution in [0, 0.1) is 6.92 Å². The number of nitrogens with zero attached hydrogens (tertiary/aromatic N) is 3. The Morgan fingerprint density at radius 1 is 1.50 bits per heavy atom. The first-order chi connectivity index (χ1) is 11.5. The predicted octanol–water partition coefficient (Wildman–Crippen LogP) is 3.32. The van der Waals surface area contributed by atoms with Gasteiger partial charge in [-0.3, -0.25) is 0 Å². The third kappa shape index (κ3) is 4.03. The Balaban J connectivity index is 2.02. The van der Waals surface area contributed by atoms with Crippen molar-refractivity contribution in [2.45, 2.75) is 39.8 Å². The smallest absolute Gasteiger partial charge is 0.317 e. The third-order valence-electron chi connectivity index (χ3n) is 3.93. The van der Waals surface area contributed by atoms with Crippen LogP contribution in [0.2, 0.25) is 0 Å². The molecule has 2 aromatic heterocycles. The standard InChI is InChI=1S/C17H24N4O2S/c1-6-14-20-11(2)15(24-14)12(3)21(4)17(22)19-10-13-8-7-9-18-16(13)23-5/h7-9,12H,6,10H2,1-5H3,(H,19,22). The maximum Gasteiger partial charge on any atom is 0.317 e. The lowest BCUT2D eigenvalue weighted by Crippen LogP contribution is -2.38. The summed E-state index contributed by atoms with van der Waals surface area (Å²) in [5, 5.41) is 4.02. The summed E-state index contributed by atoms with van der Waals surface area (Å²) in [6, 6.07) is 3.54. The van der Waals surface area contributed by atoms with Gasteiger partial charge in [-0.1, -0.05) is 13.0 Å². The molecule has 1 unspecified atom stereocenters. The van der Waals surface area contributed by atoms with E-state index in [-0.39, 0.29) is 12.1 Å². The lowest BCUT2D eigenvalue weighted by Gasteiger charge is -2.25. The molecule has 0 aliphatic rings. The van der Waals surface area contributed by atoms with Crippen molar-refractivity contribution < 1.29 is 9.53 Å². The molecule has 1 N–H and O–H groups in total. The number of hydrogen-bond donors (Lipinski definition) is 1. The number of carbonyl (C=O) groups excluding carboxylic acids is 1. The summed E-state index contributed by atoms with van der Waals surface area (Å²) in [5.41, 5.74) is 1.84. The Hall–Kier alpha value is -2.15. The quantitative estimate of drug-likeness (QED) is 0.869. The largest absolute Gasteiger partial charge is 0.481 e. The molecule has 0 saturated heterocycles. The van der Waals surface area contributed by atoms with Crippen LogP contribution in [-0.2, 0) is 13.0 Å². The number of aromatic nitrogens is 2. The van der Waals surface area contributed by atoms with E-state index in [1.807, 2.05) is 26.0 Å². The topological polar surface area (TPSA) is 67.4 Å². The molecule has 130 valence electrons. The van der Waals surface area contributed by atoms with Gasteiger partial charge in [0.1, 0.15) is 0 Å². The van der Waals surface area contributed by atoms with Gasteiger partial charge in [-0.25, -0.2) is 14.8 Å². The van der Waals surface area contributed by atoms with Crippen molar-refractivity contribution in [3.05, 3.63) is 39.5 Å². The van der Waals surface area contributed by atoms with Crippen LogP contribution in [0.4, 0.5) is 4.79 Å². The zero-order valence-electron chi connectivity index (χ0n) is 14.8. The third-order valence-corrected chi connectivity index (χ3v) is 5.41. The first kappa shape index (κ1) is 18.2. The minimum Gasteiger partial charge on any atom is -0.481 e. The number of thiazole rings is 1. The number of urea groups is 1. The molecular weight excluding hydrogens is 324 g/mol. The second-order valence-corrected chi connectivity index (χ2v) is 6.64. The first-order valence-electron chi connectivity index (χ1n) is 7.92. The van der Waals surface area contributed by atoms with Crippen LogP contribution in [-0.4, -0.2) is 35.1 Å². The van der Waals surface area contributed by atoms with Crippen LogP contribution in [0.25, 0.3) is 0 Å². The maximum atomic E-state index is 12.5. The predicted molar refractivity (Wildman–Crippen MR) is 95.4 cm³/mol. The molecule has 1 atom stereocenters. The van der Waals surface area contributed by atoms with Gasteiger partial charge in [-0.05, 0) is 26.3 Å². The summed E-state index contributed by atoms with van der Waals surface area (Å²) < 4.78 is 5.20. The van der Waals surface area contributed by atoms with Crippen LogP contribution in [0.1, 0.15) is 41.0 Å². The van der Waals surface area contributed by atoms with Crippen LogP contribution in [0.5, 0.6) is 5.88 Å². The Morgan fingerprint density at radius 2 is 2.25 bits per heavy atom. The van der Waals surface area contributed by atoms with E-state index in [2.05, 4.69) is 22.2 Å². The molecule has 24 heavy (non-hydrogen) atoms. The van der Waals surface area contributed by atoms with Gasteiger partial charge in [0.15, 0.2) is 0 Å². The van der Waals surface area contributed by atoms with Gasteiger partial charge in [0, 0.05) is 30.2 Å². The van der Waals surface area contributed by atoms with E-state index < -0.39 is 0 Å². The molecule has 0 aromatic carbocycles. The maximum absolute atomic E-state index is 12.5. The molecule has 0 radical (unpaired) electrons. The number of methoxy groups -OCH3 is 1. The fraction of sp³-hybridized carbons (Fsp3) is 0.471. The molecule has 7 heteroatoms. The lowest BCUT2D eigenvalue weighted by atomic mass is 10.2. The second-order valence-electron chi connectivity index (χ2n) is 5.53. The summed E-state index contributed by atoms with van der Waals surface area (Å²) in [4.78, 5) is 24.0. The van der Waals surface area contributed by atoms with Gasteiger partial charge in [0.25, 0.3) is 0 Å². The highest BCUT2D eigenvalue weighted by atomic mass is 32.1. The summed E-state index contributed by atoms with van der Waals surface area (Å²) in [5.74, 6) is 0.527. The molecule has 2 rings (SSSR count). The lowest BCUT2D eigenvalue weighted by molar-refractivity contribution is 0.194. The molecule has 0 spiro atoms. The van der Waals surface area contributed by atoms with Crippen molar-refractivity contribution in [2.75, 3.05) is 14.2 Å². The number of rotatable bonds is 6. The average molecular weight is 348 g/mol. The van der Waals surface area contributed by atoms with Gasteiger partial charge in [-0.15, -0.1) is 11.3 Å². The number of carbonyl (C=O) groups is 1. The van der Waals surface area contributed by atoms with Crippen molar-refractivity contribution >= 4 is 17.4 Å². The molecule has 6 nitrogen and oxygen atoms in total. The molecule has 0 fully saturated rings. The normalized spacial score (nSPS) is 11.9. The van der Waals surface area contributed by atoms with Gasteiger partial charge >= 0.3 is 6.03 Å². The van der Waals surface area contributed by atoms with Crippen molar-refractivity contribution in [2.24, 2.45) is 0 Å². The monoisotopic (exact) mass is 348 g/mol. The first-order valence-corrected chi connectivity index (χ1v) is 8.74. The van der Waals surface area contributed by atoms with Crippen molar-refractivity contribution in [3.63, 3.8) is 0 Å². The number of amides is 2. The molecule has 2 heterocycles. The average Bonchev–Trinajstić information content (AvgIpc) is 2.99. The zero-order valence-corrected chi connectivity index (χ0v) is 15.6. The summed E-state index contributed by atoms with van der Waals surface area (Å²) in [6.07, 6.45) is 2.57. The Morgan fingerprint density at radius 3 is 2.88 bits per heavy atom. The SMILES string of the molecule is CCc1nc(C)c(C(C)N(C)C(=O)NCc2cccnc2OC)s1. The minimum atomic E-state index is -0.140. The Bertz CT molecular complexity index is 702. The number of hydrogen-bond acceptors (Lipinski definition) is 5. The van der Waals surface area contributed by atoms with Gasteiger partial charge in [0.2, 0.25) is 5.88 Å². The number of pyridine rings is 1. The second kappa shape index (κ2) is 8.10. The minimum absolute atomic E-state index is 0.0291. The summed E-state index contributed by atoms with van der Waals surface area (Å²) >= 11 is 1.67. The Labute approximate surface area is 146 Å². The number of nitrogens with one attached hydrogen (secondary N) is 1. The fourth-order valence-corrected chi connectivity index (χ4v) is 3.50. The van der Waals surface area contributed by atoms with E-state index in [4.69, 9.17) is 4.74 Å².